The van der Waals surface area contributed by atoms with Crippen molar-refractivity contribution < 1.29 is 4.79 Å². The van der Waals surface area contributed by atoms with Crippen LogP contribution in [0.2, 0.25) is 0 Å². The van der Waals surface area contributed by atoms with Crippen molar-refractivity contribution in [2.75, 3.05) is 12.0 Å². The van der Waals surface area contributed by atoms with E-state index in [0.29, 0.717) is 19.0 Å². The van der Waals surface area contributed by atoms with Gasteiger partial charge in [0.2, 0.25) is 0 Å². The summed E-state index contributed by atoms with van der Waals surface area (Å²) in [6.07, 6.45) is 1.37. The Balaban J connectivity index is 2.40. The first-order valence-electron chi connectivity index (χ1n) is 3.87. The predicted octanol–water partition coefficient (Wildman–Crippen LogP) is -0.952. The fraction of sp³-hybridized carbons (Fsp3) is 0.286. The van der Waals surface area contributed by atoms with E-state index in [2.05, 4.69) is 20.6 Å². The highest BCUT2D eigenvalue weighted by molar-refractivity contribution is 5.90. The maximum Gasteiger partial charge on any atom is 0.268 e. The molecule has 0 aromatic carbocycles. The molecule has 1 amide bonds. The van der Waals surface area contributed by atoms with Crippen LogP contribution in [0.5, 0.6) is 0 Å². The average Bonchev–Trinajstić information content (AvgIpc) is 2.17. The molecule has 68 valence electrons. The molecule has 0 saturated heterocycles. The number of hydrogen-bond donors (Lipinski definition) is 3. The molecule has 0 fully saturated rings. The highest BCUT2D eigenvalue weighted by Gasteiger charge is 2.12. The van der Waals surface area contributed by atoms with Crippen LogP contribution in [0.4, 0.5) is 5.82 Å². The molecule has 0 atom stereocenters. The molecule has 0 saturated carbocycles. The lowest BCUT2D eigenvalue weighted by Crippen LogP contribution is -2.30. The van der Waals surface area contributed by atoms with Crippen molar-refractivity contribution in [3.05, 3.63) is 17.6 Å². The van der Waals surface area contributed by atoms with Gasteiger partial charge in [0.15, 0.2) is 0 Å². The van der Waals surface area contributed by atoms with Gasteiger partial charge in [-0.3, -0.25) is 10.1 Å². The predicted molar refractivity (Wildman–Crippen MR) is 45.9 cm³/mol. The monoisotopic (exact) mass is 179 g/mol. The number of amides is 1. The first-order chi connectivity index (χ1) is 6.27. The van der Waals surface area contributed by atoms with E-state index >= 15 is 0 Å². The Kier molecular flexibility index (Phi) is 1.82. The molecular formula is C7H9N5O. The summed E-state index contributed by atoms with van der Waals surface area (Å²) in [5.41, 5.74) is 5.99. The van der Waals surface area contributed by atoms with Crippen LogP contribution in [0, 0.1) is 0 Å². The van der Waals surface area contributed by atoms with Crippen LogP contribution >= 0.6 is 0 Å². The number of hydrogen-bond acceptors (Lipinski definition) is 5. The summed E-state index contributed by atoms with van der Waals surface area (Å²) in [5.74, 6) is 0.157. The van der Waals surface area contributed by atoms with Gasteiger partial charge in [-0.1, -0.05) is 0 Å². The molecule has 1 aromatic rings. The van der Waals surface area contributed by atoms with Gasteiger partial charge in [0.05, 0.1) is 18.6 Å². The molecule has 0 bridgehead atoms. The van der Waals surface area contributed by atoms with Crippen molar-refractivity contribution in [2.24, 2.45) is 5.73 Å². The van der Waals surface area contributed by atoms with Gasteiger partial charge in [-0.15, -0.1) is 0 Å². The van der Waals surface area contributed by atoms with Crippen LogP contribution in [-0.2, 0) is 6.54 Å². The van der Waals surface area contributed by atoms with Crippen molar-refractivity contribution in [1.82, 2.24) is 15.3 Å². The number of primary amides is 1. The average molecular weight is 179 g/mol. The summed E-state index contributed by atoms with van der Waals surface area (Å²) >= 11 is 0. The van der Waals surface area contributed by atoms with E-state index in [-0.39, 0.29) is 5.69 Å². The van der Waals surface area contributed by atoms with E-state index in [9.17, 15) is 4.79 Å². The topological polar surface area (TPSA) is 92.9 Å². The van der Waals surface area contributed by atoms with Gasteiger partial charge in [-0.05, 0) is 0 Å². The van der Waals surface area contributed by atoms with Crippen LogP contribution in [0.15, 0.2) is 6.20 Å². The number of nitrogens with zero attached hydrogens (tertiary/aromatic N) is 2. The molecule has 0 unspecified atom stereocenters. The normalized spacial score (nSPS) is 14.5. The Morgan fingerprint density at radius 1 is 1.62 bits per heavy atom. The number of carbonyl (C=O) groups excluding carboxylic acids is 1. The van der Waals surface area contributed by atoms with Gasteiger partial charge in [-0.25, -0.2) is 9.97 Å². The zero-order valence-electron chi connectivity index (χ0n) is 6.87. The summed E-state index contributed by atoms with van der Waals surface area (Å²) in [4.78, 5) is 18.8. The lowest BCUT2D eigenvalue weighted by Gasteiger charge is -2.16. The van der Waals surface area contributed by atoms with E-state index in [4.69, 9.17) is 5.73 Å². The molecule has 13 heavy (non-hydrogen) atoms. The first kappa shape index (κ1) is 7.93. The Morgan fingerprint density at radius 2 is 2.46 bits per heavy atom. The van der Waals surface area contributed by atoms with Gasteiger partial charge in [0.1, 0.15) is 11.5 Å². The molecule has 0 aliphatic carbocycles. The van der Waals surface area contributed by atoms with Crippen LogP contribution in [0.25, 0.3) is 0 Å². The Bertz CT molecular complexity index is 351. The maximum absolute atomic E-state index is 10.8. The molecule has 2 heterocycles. The molecular weight excluding hydrogens is 170 g/mol. The van der Waals surface area contributed by atoms with Gasteiger partial charge in [-0.2, -0.15) is 0 Å². The molecule has 1 aliphatic heterocycles. The number of nitrogens with one attached hydrogen (secondary N) is 2. The Morgan fingerprint density at radius 3 is 3.23 bits per heavy atom. The molecule has 1 aromatic heterocycles. The van der Waals surface area contributed by atoms with E-state index in [1.165, 1.54) is 6.20 Å². The number of carbonyl (C=O) groups is 1. The van der Waals surface area contributed by atoms with Gasteiger partial charge in [0, 0.05) is 6.54 Å². The standard InChI is InChI=1S/C7H9N5O/c8-6(13)4-2-10-7-5(12-4)1-9-3-11-7/h2,9H,1,3H2,(H2,8,13)(H,10,11). The summed E-state index contributed by atoms with van der Waals surface area (Å²) in [5, 5.41) is 6.03. The van der Waals surface area contributed by atoms with Gasteiger partial charge >= 0.3 is 0 Å². The minimum Gasteiger partial charge on any atom is -0.364 e. The Labute approximate surface area is 74.6 Å². The van der Waals surface area contributed by atoms with Gasteiger partial charge < -0.3 is 11.1 Å². The number of anilines is 1. The van der Waals surface area contributed by atoms with E-state index in [1.807, 2.05) is 0 Å². The number of aromatic nitrogens is 2. The quantitative estimate of drug-likeness (QED) is 0.516. The zero-order chi connectivity index (χ0) is 9.26. The third kappa shape index (κ3) is 1.43. The van der Waals surface area contributed by atoms with E-state index in [0.717, 1.165) is 5.69 Å². The lowest BCUT2D eigenvalue weighted by atomic mass is 10.3. The highest BCUT2D eigenvalue weighted by Crippen LogP contribution is 2.11. The lowest BCUT2D eigenvalue weighted by molar-refractivity contribution is 0.0995. The Hall–Kier alpha value is -1.69. The van der Waals surface area contributed by atoms with Gasteiger partial charge in [0.25, 0.3) is 5.91 Å². The van der Waals surface area contributed by atoms with E-state index in [1.54, 1.807) is 0 Å². The third-order valence-corrected chi connectivity index (χ3v) is 1.77. The molecule has 4 N–H and O–H groups in total. The fourth-order valence-corrected chi connectivity index (χ4v) is 1.14. The van der Waals surface area contributed by atoms with Crippen molar-refractivity contribution in [3.8, 4) is 0 Å². The third-order valence-electron chi connectivity index (χ3n) is 1.77. The molecule has 0 radical (unpaired) electrons. The minimum atomic E-state index is -0.555. The largest absolute Gasteiger partial charge is 0.364 e. The van der Waals surface area contributed by atoms with Crippen LogP contribution in [0.1, 0.15) is 16.2 Å². The summed E-state index contributed by atoms with van der Waals surface area (Å²) < 4.78 is 0. The molecule has 6 nitrogen and oxygen atoms in total. The van der Waals surface area contributed by atoms with Crippen LogP contribution in [-0.4, -0.2) is 22.5 Å². The zero-order valence-corrected chi connectivity index (χ0v) is 6.87. The van der Waals surface area contributed by atoms with Crippen molar-refractivity contribution in [1.29, 1.82) is 0 Å². The van der Waals surface area contributed by atoms with E-state index < -0.39 is 5.91 Å². The van der Waals surface area contributed by atoms with Crippen molar-refractivity contribution >= 4 is 11.7 Å². The second-order valence-corrected chi connectivity index (χ2v) is 2.70. The van der Waals surface area contributed by atoms with Crippen molar-refractivity contribution in [2.45, 2.75) is 6.54 Å². The summed E-state index contributed by atoms with van der Waals surface area (Å²) in [6.45, 7) is 1.27. The second kappa shape index (κ2) is 2.98. The fourth-order valence-electron chi connectivity index (χ4n) is 1.14. The highest BCUT2D eigenvalue weighted by atomic mass is 16.1. The number of rotatable bonds is 1. The number of fused-ring (bicyclic) bond motifs is 1. The summed E-state index contributed by atoms with van der Waals surface area (Å²) in [7, 11) is 0. The SMILES string of the molecule is NC(=O)c1cnc2c(n1)CNCN2. The van der Waals surface area contributed by atoms with Crippen LogP contribution < -0.4 is 16.4 Å². The van der Waals surface area contributed by atoms with Crippen LogP contribution in [0.3, 0.4) is 0 Å². The summed E-state index contributed by atoms with van der Waals surface area (Å²) in [6, 6.07) is 0. The second-order valence-electron chi connectivity index (χ2n) is 2.70. The molecule has 6 heteroatoms. The molecule has 2 rings (SSSR count). The number of nitrogens with two attached hydrogens (primary N) is 1. The first-order valence-corrected chi connectivity index (χ1v) is 3.87. The smallest absolute Gasteiger partial charge is 0.268 e. The molecule has 0 spiro atoms. The van der Waals surface area contributed by atoms with Crippen molar-refractivity contribution in [3.63, 3.8) is 0 Å². The minimum absolute atomic E-state index is 0.198. The maximum atomic E-state index is 10.8. The molecule has 1 aliphatic rings.